The van der Waals surface area contributed by atoms with Crippen LogP contribution in [0.25, 0.3) is 0 Å². The molecule has 19 heavy (non-hydrogen) atoms. The molecule has 2 saturated heterocycles. The van der Waals surface area contributed by atoms with E-state index >= 15 is 0 Å². The molecule has 2 fully saturated rings. The van der Waals surface area contributed by atoms with Gasteiger partial charge in [-0.15, -0.1) is 0 Å². The molecule has 3 nitrogen and oxygen atoms in total. The molecule has 1 unspecified atom stereocenters. The topological polar surface area (TPSA) is 35.5 Å². The van der Waals surface area contributed by atoms with Gasteiger partial charge in [-0.1, -0.05) is 0 Å². The minimum Gasteiger partial charge on any atom is -0.375 e. The summed E-state index contributed by atoms with van der Waals surface area (Å²) in [5.41, 5.74) is -0.673. The molecule has 0 radical (unpaired) electrons. The maximum absolute atomic E-state index is 12.6. The average Bonchev–Trinajstić information content (AvgIpc) is 2.39. The SMILES string of the molecule is CCOC(C)(C)C(=O)C1CCOC2(CCSCC2)C1. The van der Waals surface area contributed by atoms with Crippen molar-refractivity contribution in [2.45, 2.75) is 57.7 Å². The summed E-state index contributed by atoms with van der Waals surface area (Å²) in [6, 6.07) is 0. The summed E-state index contributed by atoms with van der Waals surface area (Å²) < 4.78 is 11.7. The predicted octanol–water partition coefficient (Wildman–Crippen LogP) is 3.06. The predicted molar refractivity (Wildman–Crippen MR) is 78.7 cm³/mol. The van der Waals surface area contributed by atoms with Gasteiger partial charge in [0.25, 0.3) is 0 Å². The minimum atomic E-state index is -0.651. The van der Waals surface area contributed by atoms with Crippen LogP contribution in [0.15, 0.2) is 0 Å². The molecule has 2 aliphatic rings. The Hall–Kier alpha value is -0.0600. The number of ether oxygens (including phenoxy) is 2. The number of carbonyl (C=O) groups is 1. The van der Waals surface area contributed by atoms with Gasteiger partial charge in [-0.25, -0.2) is 0 Å². The molecule has 2 rings (SSSR count). The van der Waals surface area contributed by atoms with Gasteiger partial charge in [-0.05, 0) is 58.0 Å². The Labute approximate surface area is 120 Å². The van der Waals surface area contributed by atoms with Crippen LogP contribution in [0.3, 0.4) is 0 Å². The Morgan fingerprint density at radius 2 is 2.11 bits per heavy atom. The summed E-state index contributed by atoms with van der Waals surface area (Å²) in [6.45, 7) is 7.06. The van der Waals surface area contributed by atoms with E-state index < -0.39 is 5.60 Å². The van der Waals surface area contributed by atoms with Crippen molar-refractivity contribution in [2.75, 3.05) is 24.7 Å². The summed E-state index contributed by atoms with van der Waals surface area (Å²) in [4.78, 5) is 12.6. The van der Waals surface area contributed by atoms with Crippen LogP contribution in [0, 0.1) is 5.92 Å². The van der Waals surface area contributed by atoms with Gasteiger partial charge in [0.05, 0.1) is 5.60 Å². The fraction of sp³-hybridized carbons (Fsp3) is 0.933. The Morgan fingerprint density at radius 1 is 1.42 bits per heavy atom. The van der Waals surface area contributed by atoms with Crippen LogP contribution < -0.4 is 0 Å². The first kappa shape index (κ1) is 15.3. The number of carbonyl (C=O) groups excluding carboxylic acids is 1. The number of hydrogen-bond acceptors (Lipinski definition) is 4. The Balaban J connectivity index is 2.02. The molecule has 0 aromatic carbocycles. The smallest absolute Gasteiger partial charge is 0.167 e. The molecule has 0 aliphatic carbocycles. The van der Waals surface area contributed by atoms with Crippen molar-refractivity contribution in [2.24, 2.45) is 5.92 Å². The molecule has 0 amide bonds. The Kier molecular flexibility index (Phi) is 4.96. The quantitative estimate of drug-likeness (QED) is 0.795. The van der Waals surface area contributed by atoms with E-state index in [1.165, 1.54) is 0 Å². The van der Waals surface area contributed by atoms with Crippen LogP contribution in [0.1, 0.15) is 46.5 Å². The summed E-state index contributed by atoms with van der Waals surface area (Å²) in [7, 11) is 0. The first-order chi connectivity index (χ1) is 8.99. The van der Waals surface area contributed by atoms with E-state index in [9.17, 15) is 4.79 Å². The molecule has 0 saturated carbocycles. The first-order valence-electron chi connectivity index (χ1n) is 7.39. The number of thioether (sulfide) groups is 1. The Bertz CT molecular complexity index is 316. The van der Waals surface area contributed by atoms with Crippen LogP contribution in [0.5, 0.6) is 0 Å². The number of hydrogen-bond donors (Lipinski definition) is 0. The highest BCUT2D eigenvalue weighted by Crippen LogP contribution is 2.41. The summed E-state index contributed by atoms with van der Waals surface area (Å²) in [5.74, 6) is 2.69. The molecule has 2 aliphatic heterocycles. The van der Waals surface area contributed by atoms with Crippen molar-refractivity contribution in [3.8, 4) is 0 Å². The fourth-order valence-electron chi connectivity index (χ4n) is 3.27. The van der Waals surface area contributed by atoms with E-state index in [0.29, 0.717) is 6.61 Å². The lowest BCUT2D eigenvalue weighted by molar-refractivity contribution is -0.156. The van der Waals surface area contributed by atoms with Gasteiger partial charge in [-0.3, -0.25) is 4.79 Å². The molecule has 0 bridgehead atoms. The normalized spacial score (nSPS) is 27.4. The fourth-order valence-corrected chi connectivity index (χ4v) is 4.50. The second-order valence-electron chi connectivity index (χ2n) is 6.14. The maximum Gasteiger partial charge on any atom is 0.167 e. The third-order valence-electron chi connectivity index (χ3n) is 4.37. The Morgan fingerprint density at radius 3 is 2.74 bits per heavy atom. The van der Waals surface area contributed by atoms with Crippen molar-refractivity contribution in [3.05, 3.63) is 0 Å². The second-order valence-corrected chi connectivity index (χ2v) is 7.37. The van der Waals surface area contributed by atoms with Crippen molar-refractivity contribution in [3.63, 3.8) is 0 Å². The van der Waals surface area contributed by atoms with Crippen LogP contribution in [-0.4, -0.2) is 41.7 Å². The van der Waals surface area contributed by atoms with Gasteiger partial charge in [0.2, 0.25) is 0 Å². The number of Topliss-reactive ketones (excluding diaryl/α,β-unsaturated/α-hetero) is 1. The van der Waals surface area contributed by atoms with Crippen LogP contribution in [0.2, 0.25) is 0 Å². The van der Waals surface area contributed by atoms with E-state index in [2.05, 4.69) is 0 Å². The van der Waals surface area contributed by atoms with Crippen molar-refractivity contribution >= 4 is 17.5 Å². The zero-order valence-electron chi connectivity index (χ0n) is 12.4. The summed E-state index contributed by atoms with van der Waals surface area (Å²) >= 11 is 2.00. The molecular weight excluding hydrogens is 260 g/mol. The van der Waals surface area contributed by atoms with E-state index in [1.54, 1.807) is 0 Å². The highest BCUT2D eigenvalue weighted by molar-refractivity contribution is 7.99. The molecule has 1 atom stereocenters. The molecule has 0 aromatic heterocycles. The third kappa shape index (κ3) is 3.53. The van der Waals surface area contributed by atoms with Gasteiger partial charge in [0, 0.05) is 19.1 Å². The lowest BCUT2D eigenvalue weighted by atomic mass is 9.77. The molecule has 4 heteroatoms. The average molecular weight is 286 g/mol. The van der Waals surface area contributed by atoms with E-state index in [1.807, 2.05) is 32.5 Å². The van der Waals surface area contributed by atoms with Crippen molar-refractivity contribution in [1.29, 1.82) is 0 Å². The highest BCUT2D eigenvalue weighted by atomic mass is 32.2. The van der Waals surface area contributed by atoms with Gasteiger partial charge >= 0.3 is 0 Å². The van der Waals surface area contributed by atoms with E-state index in [4.69, 9.17) is 9.47 Å². The molecule has 0 N–H and O–H groups in total. The van der Waals surface area contributed by atoms with Gasteiger partial charge < -0.3 is 9.47 Å². The molecule has 0 aromatic rings. The monoisotopic (exact) mass is 286 g/mol. The molecule has 1 spiro atoms. The van der Waals surface area contributed by atoms with Crippen molar-refractivity contribution in [1.82, 2.24) is 0 Å². The number of ketones is 1. The van der Waals surface area contributed by atoms with Gasteiger partial charge in [0.15, 0.2) is 5.78 Å². The third-order valence-corrected chi connectivity index (χ3v) is 5.35. The first-order valence-corrected chi connectivity index (χ1v) is 8.54. The van der Waals surface area contributed by atoms with Gasteiger partial charge in [-0.2, -0.15) is 11.8 Å². The summed E-state index contributed by atoms with van der Waals surface area (Å²) in [5, 5.41) is 0. The van der Waals surface area contributed by atoms with Crippen molar-refractivity contribution < 1.29 is 14.3 Å². The van der Waals surface area contributed by atoms with E-state index in [-0.39, 0.29) is 17.3 Å². The lowest BCUT2D eigenvalue weighted by Gasteiger charge is -2.44. The highest BCUT2D eigenvalue weighted by Gasteiger charge is 2.44. The minimum absolute atomic E-state index is 0.0217. The second kappa shape index (κ2) is 6.15. The zero-order valence-corrected chi connectivity index (χ0v) is 13.2. The largest absolute Gasteiger partial charge is 0.375 e. The molecular formula is C15H26O3S. The van der Waals surface area contributed by atoms with E-state index in [0.717, 1.165) is 43.8 Å². The standard InChI is InChI=1S/C15H26O3S/c1-4-17-14(2,3)13(16)12-5-8-18-15(11-12)6-9-19-10-7-15/h12H,4-11H2,1-3H3. The zero-order chi connectivity index (χ0) is 13.9. The lowest BCUT2D eigenvalue weighted by Crippen LogP contribution is -2.48. The van der Waals surface area contributed by atoms with Crippen LogP contribution in [-0.2, 0) is 14.3 Å². The summed E-state index contributed by atoms with van der Waals surface area (Å²) in [6.07, 6.45) is 3.93. The van der Waals surface area contributed by atoms with Crippen LogP contribution in [0.4, 0.5) is 0 Å². The van der Waals surface area contributed by atoms with Crippen LogP contribution >= 0.6 is 11.8 Å². The molecule has 110 valence electrons. The number of rotatable bonds is 4. The molecule has 2 heterocycles. The maximum atomic E-state index is 12.6. The van der Waals surface area contributed by atoms with Gasteiger partial charge in [0.1, 0.15) is 5.60 Å².